The number of ether oxygens (including phenoxy) is 1. The van der Waals surface area contributed by atoms with Gasteiger partial charge < -0.3 is 10.1 Å². The lowest BCUT2D eigenvalue weighted by atomic mass is 10.1. The molecule has 0 atom stereocenters. The van der Waals surface area contributed by atoms with Gasteiger partial charge in [0.25, 0.3) is 5.91 Å². The zero-order valence-corrected chi connectivity index (χ0v) is 11.3. The molecule has 0 heterocycles. The Morgan fingerprint density at radius 1 is 1.25 bits per heavy atom. The second kappa shape index (κ2) is 5.89. The van der Waals surface area contributed by atoms with E-state index < -0.39 is 0 Å². The number of anilines is 1. The van der Waals surface area contributed by atoms with Crippen LogP contribution in [-0.4, -0.2) is 13.0 Å². The van der Waals surface area contributed by atoms with Crippen LogP contribution in [-0.2, 0) is 0 Å². The molecule has 0 aliphatic carbocycles. The Hall–Kier alpha value is -2.80. The van der Waals surface area contributed by atoms with Crippen molar-refractivity contribution in [2.75, 3.05) is 12.4 Å². The molecule has 1 amide bonds. The predicted molar refractivity (Wildman–Crippen MR) is 76.8 cm³/mol. The largest absolute Gasteiger partial charge is 0.496 e. The van der Waals surface area contributed by atoms with Crippen molar-refractivity contribution >= 4 is 11.6 Å². The number of methoxy groups -OCH3 is 1. The molecule has 0 fully saturated rings. The van der Waals surface area contributed by atoms with Crippen LogP contribution in [0.15, 0.2) is 42.5 Å². The van der Waals surface area contributed by atoms with Gasteiger partial charge in [-0.25, -0.2) is 0 Å². The van der Waals surface area contributed by atoms with Crippen LogP contribution in [0.3, 0.4) is 0 Å². The average Bonchev–Trinajstić information content (AvgIpc) is 2.47. The first-order chi connectivity index (χ1) is 9.63. The highest BCUT2D eigenvalue weighted by molar-refractivity contribution is 6.04. The van der Waals surface area contributed by atoms with Crippen molar-refractivity contribution in [2.45, 2.75) is 6.92 Å². The lowest BCUT2D eigenvalue weighted by Gasteiger charge is -2.09. The van der Waals surface area contributed by atoms with Crippen LogP contribution in [0.4, 0.5) is 5.69 Å². The van der Waals surface area contributed by atoms with E-state index in [-0.39, 0.29) is 5.91 Å². The third-order valence-electron chi connectivity index (χ3n) is 2.91. The summed E-state index contributed by atoms with van der Waals surface area (Å²) < 4.78 is 5.17. The lowest BCUT2D eigenvalue weighted by Crippen LogP contribution is -2.12. The number of benzene rings is 2. The van der Waals surface area contributed by atoms with Crippen LogP contribution >= 0.6 is 0 Å². The molecule has 2 aromatic rings. The topological polar surface area (TPSA) is 62.1 Å². The van der Waals surface area contributed by atoms with E-state index >= 15 is 0 Å². The maximum atomic E-state index is 12.1. The van der Waals surface area contributed by atoms with E-state index in [9.17, 15) is 4.79 Å². The van der Waals surface area contributed by atoms with Gasteiger partial charge in [0.2, 0.25) is 0 Å². The number of carbonyl (C=O) groups excluding carboxylic acids is 1. The Labute approximate surface area is 117 Å². The first-order valence-corrected chi connectivity index (χ1v) is 6.10. The molecule has 2 rings (SSSR count). The van der Waals surface area contributed by atoms with Gasteiger partial charge in [0, 0.05) is 11.3 Å². The minimum atomic E-state index is -0.244. The summed E-state index contributed by atoms with van der Waals surface area (Å²) >= 11 is 0. The molecule has 1 N–H and O–H groups in total. The average molecular weight is 266 g/mol. The molecular formula is C16H14N2O2. The second-order valence-corrected chi connectivity index (χ2v) is 4.33. The molecule has 2 aromatic carbocycles. The van der Waals surface area contributed by atoms with Crippen LogP contribution in [0.2, 0.25) is 0 Å². The molecule has 4 nitrogen and oxygen atoms in total. The molecule has 0 radical (unpaired) electrons. The van der Waals surface area contributed by atoms with E-state index in [1.807, 2.05) is 19.1 Å². The van der Waals surface area contributed by atoms with Gasteiger partial charge >= 0.3 is 0 Å². The molecular weight excluding hydrogens is 252 g/mol. The monoisotopic (exact) mass is 266 g/mol. The summed E-state index contributed by atoms with van der Waals surface area (Å²) in [6.07, 6.45) is 0. The van der Waals surface area contributed by atoms with Crippen molar-refractivity contribution in [2.24, 2.45) is 0 Å². The third-order valence-corrected chi connectivity index (χ3v) is 2.91. The molecule has 4 heteroatoms. The number of carbonyl (C=O) groups is 1. The summed E-state index contributed by atoms with van der Waals surface area (Å²) in [5.41, 5.74) is 2.55. The van der Waals surface area contributed by atoms with Crippen molar-refractivity contribution in [1.82, 2.24) is 0 Å². The fraction of sp³-hybridized carbons (Fsp3) is 0.125. The van der Waals surface area contributed by atoms with Gasteiger partial charge in [-0.1, -0.05) is 6.07 Å². The Balaban J connectivity index is 2.19. The quantitative estimate of drug-likeness (QED) is 0.928. The summed E-state index contributed by atoms with van der Waals surface area (Å²) in [6, 6.07) is 14.0. The van der Waals surface area contributed by atoms with Gasteiger partial charge in [0.05, 0.1) is 18.7 Å². The number of amides is 1. The number of hydrogen-bond acceptors (Lipinski definition) is 3. The summed E-state index contributed by atoms with van der Waals surface area (Å²) in [7, 11) is 1.61. The molecule has 0 saturated carbocycles. The second-order valence-electron chi connectivity index (χ2n) is 4.33. The minimum Gasteiger partial charge on any atom is -0.496 e. The van der Waals surface area contributed by atoms with Crippen molar-refractivity contribution in [3.8, 4) is 11.8 Å². The van der Waals surface area contributed by atoms with E-state index in [1.54, 1.807) is 43.5 Å². The number of nitriles is 1. The number of nitrogens with zero attached hydrogens (tertiary/aromatic N) is 1. The zero-order chi connectivity index (χ0) is 14.5. The number of rotatable bonds is 3. The fourth-order valence-electron chi connectivity index (χ4n) is 1.89. The summed E-state index contributed by atoms with van der Waals surface area (Å²) in [4.78, 5) is 12.1. The smallest absolute Gasteiger partial charge is 0.255 e. The van der Waals surface area contributed by atoms with E-state index in [0.29, 0.717) is 16.8 Å². The normalized spacial score (nSPS) is 9.65. The summed E-state index contributed by atoms with van der Waals surface area (Å²) in [6.45, 7) is 1.91. The third kappa shape index (κ3) is 2.96. The minimum absolute atomic E-state index is 0.244. The summed E-state index contributed by atoms with van der Waals surface area (Å²) in [5, 5.41) is 11.6. The van der Waals surface area contributed by atoms with Crippen LogP contribution in [0.5, 0.6) is 5.75 Å². The molecule has 0 aliphatic heterocycles. The molecule has 0 aliphatic rings. The maximum Gasteiger partial charge on any atom is 0.255 e. The van der Waals surface area contributed by atoms with Gasteiger partial charge in [0.15, 0.2) is 0 Å². The van der Waals surface area contributed by atoms with E-state index in [4.69, 9.17) is 10.00 Å². The lowest BCUT2D eigenvalue weighted by molar-refractivity contribution is 0.102. The van der Waals surface area contributed by atoms with Gasteiger partial charge in [-0.2, -0.15) is 5.26 Å². The van der Waals surface area contributed by atoms with Crippen molar-refractivity contribution in [3.63, 3.8) is 0 Å². The fourth-order valence-corrected chi connectivity index (χ4v) is 1.89. The Morgan fingerprint density at radius 3 is 2.70 bits per heavy atom. The number of aryl methyl sites for hydroxylation is 1. The number of hydrogen-bond donors (Lipinski definition) is 1. The van der Waals surface area contributed by atoms with Crippen molar-refractivity contribution < 1.29 is 9.53 Å². The molecule has 20 heavy (non-hydrogen) atoms. The maximum absolute atomic E-state index is 12.1. The van der Waals surface area contributed by atoms with Crippen molar-refractivity contribution in [1.29, 1.82) is 5.26 Å². The van der Waals surface area contributed by atoms with E-state index in [1.165, 1.54) is 0 Å². The van der Waals surface area contributed by atoms with Crippen LogP contribution < -0.4 is 10.1 Å². The highest BCUT2D eigenvalue weighted by Crippen LogP contribution is 2.21. The molecule has 0 aromatic heterocycles. The molecule has 0 spiro atoms. The van der Waals surface area contributed by atoms with Crippen LogP contribution in [0.1, 0.15) is 21.5 Å². The van der Waals surface area contributed by atoms with E-state index in [0.717, 1.165) is 11.3 Å². The first-order valence-electron chi connectivity index (χ1n) is 6.10. The standard InChI is InChI=1S/C16H14N2O2/c1-11-8-14(6-7-15(11)20-2)18-16(19)13-5-3-4-12(9-13)10-17/h3-9H,1-2H3,(H,18,19). The highest BCUT2D eigenvalue weighted by atomic mass is 16.5. The Bertz CT molecular complexity index is 687. The molecule has 0 unspecified atom stereocenters. The van der Waals surface area contributed by atoms with Crippen LogP contribution in [0, 0.1) is 18.3 Å². The zero-order valence-electron chi connectivity index (χ0n) is 11.3. The highest BCUT2D eigenvalue weighted by Gasteiger charge is 2.08. The summed E-state index contributed by atoms with van der Waals surface area (Å²) in [5.74, 6) is 0.529. The molecule has 0 saturated heterocycles. The van der Waals surface area contributed by atoms with Gasteiger partial charge in [0.1, 0.15) is 5.75 Å². The molecule has 0 bridgehead atoms. The SMILES string of the molecule is COc1ccc(NC(=O)c2cccc(C#N)c2)cc1C. The first kappa shape index (κ1) is 13.6. The van der Waals surface area contributed by atoms with Gasteiger partial charge in [-0.05, 0) is 48.9 Å². The predicted octanol–water partition coefficient (Wildman–Crippen LogP) is 3.13. The van der Waals surface area contributed by atoms with Gasteiger partial charge in [-0.15, -0.1) is 0 Å². The number of nitrogens with one attached hydrogen (secondary N) is 1. The van der Waals surface area contributed by atoms with Crippen LogP contribution in [0.25, 0.3) is 0 Å². The Kier molecular flexibility index (Phi) is 4.02. The van der Waals surface area contributed by atoms with Crippen molar-refractivity contribution in [3.05, 3.63) is 59.2 Å². The van der Waals surface area contributed by atoms with E-state index in [2.05, 4.69) is 5.32 Å². The van der Waals surface area contributed by atoms with Gasteiger partial charge in [-0.3, -0.25) is 4.79 Å². The molecule has 100 valence electrons. The Morgan fingerprint density at radius 2 is 2.05 bits per heavy atom.